The molecule has 0 spiro atoms. The van der Waals surface area contributed by atoms with E-state index in [2.05, 4.69) is 23.9 Å². The number of aromatic amines is 1. The summed E-state index contributed by atoms with van der Waals surface area (Å²) >= 11 is -1.67. The van der Waals surface area contributed by atoms with Gasteiger partial charge in [-0.3, -0.25) is 0 Å². The average Bonchev–Trinajstić information content (AvgIpc) is 3.20. The van der Waals surface area contributed by atoms with Crippen molar-refractivity contribution in [2.45, 2.75) is 26.3 Å². The number of hydrogen-bond donors (Lipinski definition) is 3. The molecule has 0 bridgehead atoms. The van der Waals surface area contributed by atoms with Gasteiger partial charge in [-0.05, 0) is 31.0 Å². The Labute approximate surface area is 152 Å². The van der Waals surface area contributed by atoms with Crippen LogP contribution >= 0.6 is 11.1 Å². The quantitative estimate of drug-likeness (QED) is 0.355. The Morgan fingerprint density at radius 2 is 2.35 bits per heavy atom. The van der Waals surface area contributed by atoms with E-state index in [1.165, 1.54) is 6.07 Å². The van der Waals surface area contributed by atoms with Gasteiger partial charge in [0.05, 0.1) is 18.5 Å². The lowest BCUT2D eigenvalue weighted by Crippen LogP contribution is -2.11. The molecule has 0 aliphatic rings. The molecule has 2 heterocycles. The third kappa shape index (κ3) is 3.61. The number of benzene rings is 1. The molecule has 0 saturated heterocycles. The maximum Gasteiger partial charge on any atom is 0.236 e. The maximum atomic E-state index is 11.8. The summed E-state index contributed by atoms with van der Waals surface area (Å²) in [5.74, 6) is 0.729. The van der Waals surface area contributed by atoms with Crippen LogP contribution in [0.15, 0.2) is 39.9 Å². The highest BCUT2D eigenvalue weighted by Crippen LogP contribution is 2.35. The van der Waals surface area contributed by atoms with Crippen molar-refractivity contribution in [3.05, 3.63) is 58.8 Å². The van der Waals surface area contributed by atoms with Crippen molar-refractivity contribution in [2.24, 2.45) is 4.99 Å². The minimum absolute atomic E-state index is 0.110. The molecule has 0 radical (unpaired) electrons. The second kappa shape index (κ2) is 7.43. The Balaban J connectivity index is 2.00. The monoisotopic (exact) mass is 371 g/mol. The van der Waals surface area contributed by atoms with Crippen molar-refractivity contribution in [1.82, 2.24) is 8.75 Å². The van der Waals surface area contributed by atoms with Crippen molar-refractivity contribution in [1.29, 1.82) is 0 Å². The molecular weight excluding hydrogens is 354 g/mol. The van der Waals surface area contributed by atoms with E-state index < -0.39 is 11.1 Å². The van der Waals surface area contributed by atoms with Gasteiger partial charge in [-0.1, -0.05) is 19.1 Å². The smallest absolute Gasteiger partial charge is 0.236 e. The second-order valence-corrected chi connectivity index (χ2v) is 6.51. The number of hydrogen-bond acceptors (Lipinski definition) is 6. The van der Waals surface area contributed by atoms with Gasteiger partial charge < -0.3 is 19.4 Å². The number of furan rings is 1. The van der Waals surface area contributed by atoms with Gasteiger partial charge in [0, 0.05) is 4.37 Å². The Bertz CT molecular complexity index is 1030. The van der Waals surface area contributed by atoms with Crippen molar-refractivity contribution in [2.75, 3.05) is 5.32 Å². The van der Waals surface area contributed by atoms with Crippen LogP contribution in [0.25, 0.3) is 4.85 Å². The number of aromatic nitrogens is 2. The van der Waals surface area contributed by atoms with E-state index in [9.17, 15) is 9.66 Å². The maximum absolute atomic E-state index is 11.8. The molecule has 2 aromatic heterocycles. The molecule has 134 valence electrons. The molecule has 0 amide bonds. The lowest BCUT2D eigenvalue weighted by molar-refractivity contribution is 0.456. The number of aryl methyl sites for hydroxylation is 1. The van der Waals surface area contributed by atoms with Crippen molar-refractivity contribution in [3.63, 3.8) is 0 Å². The lowest BCUT2D eigenvalue weighted by Gasteiger charge is -2.07. The van der Waals surface area contributed by atoms with Crippen molar-refractivity contribution in [3.8, 4) is 5.75 Å². The van der Waals surface area contributed by atoms with Crippen LogP contribution in [0.5, 0.6) is 5.75 Å². The minimum atomic E-state index is -1.67. The SMILES string of the molecule is [C-]#[N+]c1cccc(Nc2n[s+]([O-])[nH]c2=N[C@H](CC)c2cc(C)co2)c1O. The van der Waals surface area contributed by atoms with E-state index in [1.807, 2.05) is 19.9 Å². The summed E-state index contributed by atoms with van der Waals surface area (Å²) in [7, 11) is 0. The van der Waals surface area contributed by atoms with E-state index in [1.54, 1.807) is 18.4 Å². The number of aromatic hydroxyl groups is 1. The van der Waals surface area contributed by atoms with Crippen LogP contribution in [0, 0.1) is 13.5 Å². The zero-order valence-electron chi connectivity index (χ0n) is 14.2. The van der Waals surface area contributed by atoms with Gasteiger partial charge >= 0.3 is 0 Å². The molecule has 8 nitrogen and oxygen atoms in total. The molecule has 0 fully saturated rings. The Hall–Kier alpha value is -3.09. The van der Waals surface area contributed by atoms with E-state index in [0.29, 0.717) is 17.7 Å². The normalized spacial score (nSPS) is 13.5. The number of H-pyrrole nitrogens is 1. The van der Waals surface area contributed by atoms with Crippen LogP contribution in [-0.4, -0.2) is 18.4 Å². The Morgan fingerprint density at radius 1 is 1.54 bits per heavy atom. The van der Waals surface area contributed by atoms with Crippen LogP contribution in [0.4, 0.5) is 17.2 Å². The van der Waals surface area contributed by atoms with E-state index in [4.69, 9.17) is 11.0 Å². The van der Waals surface area contributed by atoms with Gasteiger partial charge in [-0.15, -0.1) is 4.37 Å². The summed E-state index contributed by atoms with van der Waals surface area (Å²) in [6.07, 6.45) is 2.33. The predicted molar refractivity (Wildman–Crippen MR) is 96.9 cm³/mol. The fourth-order valence-electron chi connectivity index (χ4n) is 2.44. The molecule has 3 aromatic rings. The summed E-state index contributed by atoms with van der Waals surface area (Å²) in [4.78, 5) is 7.81. The third-order valence-electron chi connectivity index (χ3n) is 3.72. The van der Waals surface area contributed by atoms with Gasteiger partial charge in [0.2, 0.25) is 17.0 Å². The molecule has 1 aromatic carbocycles. The summed E-state index contributed by atoms with van der Waals surface area (Å²) < 4.78 is 24.0. The van der Waals surface area contributed by atoms with Gasteiger partial charge in [-0.25, -0.2) is 9.84 Å². The number of rotatable bonds is 5. The first kappa shape index (κ1) is 17.7. The second-order valence-electron chi connectivity index (χ2n) is 5.63. The number of nitrogens with zero attached hydrogens (tertiary/aromatic N) is 3. The lowest BCUT2D eigenvalue weighted by atomic mass is 10.1. The van der Waals surface area contributed by atoms with Crippen LogP contribution < -0.4 is 10.8 Å². The zero-order valence-corrected chi connectivity index (χ0v) is 15.0. The molecule has 0 saturated carbocycles. The van der Waals surface area contributed by atoms with Gasteiger partial charge in [0.1, 0.15) is 17.6 Å². The average molecular weight is 371 g/mol. The molecule has 0 aliphatic heterocycles. The van der Waals surface area contributed by atoms with Gasteiger partial charge in [-0.2, -0.15) is 0 Å². The first-order chi connectivity index (χ1) is 12.5. The summed E-state index contributed by atoms with van der Waals surface area (Å²) in [6.45, 7) is 11.0. The van der Waals surface area contributed by atoms with Gasteiger partial charge in [0.15, 0.2) is 11.1 Å². The number of nitrogens with one attached hydrogen (secondary N) is 2. The van der Waals surface area contributed by atoms with E-state index >= 15 is 0 Å². The Kier molecular flexibility index (Phi) is 5.06. The molecule has 1 unspecified atom stereocenters. The van der Waals surface area contributed by atoms with Gasteiger partial charge in [0.25, 0.3) is 0 Å². The molecule has 26 heavy (non-hydrogen) atoms. The number of phenols is 1. The highest BCUT2D eigenvalue weighted by molar-refractivity contribution is 7.13. The first-order valence-electron chi connectivity index (χ1n) is 7.88. The van der Waals surface area contributed by atoms with Crippen molar-refractivity contribution >= 4 is 28.3 Å². The van der Waals surface area contributed by atoms with Crippen LogP contribution in [-0.2, 0) is 0 Å². The zero-order chi connectivity index (χ0) is 18.7. The summed E-state index contributed by atoms with van der Waals surface area (Å²) in [5, 5.41) is 13.0. The summed E-state index contributed by atoms with van der Waals surface area (Å²) in [6, 6.07) is 6.36. The highest BCUT2D eigenvalue weighted by Gasteiger charge is 2.17. The standard InChI is InChI=1S/C17H17N5O3S/c1-4-11(14-8-10(2)9-25-14)19-16-17(22-26(24)21-16)20-13-7-5-6-12(18-3)15(13)23/h5-9,11,23H,4H2,1-2H3,(H,19,21)(H,20,22)/t11-,26?/m1/s1. The minimum Gasteiger partial charge on any atom is -0.548 e. The molecule has 0 aliphatic carbocycles. The molecule has 3 N–H and O–H groups in total. The van der Waals surface area contributed by atoms with E-state index in [0.717, 1.165) is 5.56 Å². The fourth-order valence-corrected chi connectivity index (χ4v) is 3.10. The largest absolute Gasteiger partial charge is 0.548 e. The molecule has 3 rings (SSSR count). The molecule has 9 heteroatoms. The number of anilines is 2. The third-order valence-corrected chi connectivity index (χ3v) is 4.44. The van der Waals surface area contributed by atoms with E-state index in [-0.39, 0.29) is 29.0 Å². The molecule has 2 atom stereocenters. The number of para-hydroxylation sites is 1. The molecular formula is C17H17N5O3S. The van der Waals surface area contributed by atoms with Crippen LogP contribution in [0.2, 0.25) is 0 Å². The topological polar surface area (TPSA) is 114 Å². The summed E-state index contributed by atoms with van der Waals surface area (Å²) in [5.41, 5.74) is 1.69. The fraction of sp³-hybridized carbons (Fsp3) is 0.235. The number of phenolic OH excluding ortho intramolecular Hbond substituents is 1. The van der Waals surface area contributed by atoms with Crippen molar-refractivity contribution < 1.29 is 14.1 Å². The first-order valence-corrected chi connectivity index (χ1v) is 8.99. The Morgan fingerprint density at radius 3 is 3.00 bits per heavy atom. The highest BCUT2D eigenvalue weighted by atomic mass is 32.2. The predicted octanol–water partition coefficient (Wildman–Crippen LogP) is 4.09. The van der Waals surface area contributed by atoms with Crippen LogP contribution in [0.3, 0.4) is 0 Å². The van der Waals surface area contributed by atoms with Crippen LogP contribution in [0.1, 0.15) is 30.7 Å².